The van der Waals surface area contributed by atoms with Gasteiger partial charge < -0.3 is 14.4 Å². The minimum atomic E-state index is -0.333. The van der Waals surface area contributed by atoms with E-state index in [4.69, 9.17) is 21.1 Å². The first-order valence-electron chi connectivity index (χ1n) is 7.72. The fraction of sp³-hybridized carbons (Fsp3) is 0.278. The second-order valence-corrected chi connectivity index (χ2v) is 5.80. The first-order chi connectivity index (χ1) is 11.6. The van der Waals surface area contributed by atoms with Gasteiger partial charge in [0.25, 0.3) is 0 Å². The summed E-state index contributed by atoms with van der Waals surface area (Å²) in [5.74, 6) is 0.643. The van der Waals surface area contributed by atoms with E-state index in [-0.39, 0.29) is 18.1 Å². The van der Waals surface area contributed by atoms with Crippen LogP contribution in [0.25, 0.3) is 0 Å². The third-order valence-corrected chi connectivity index (χ3v) is 4.05. The standard InChI is InChI=1S/C18H17ClFNO3/c1-2-21(14-5-3-13(20)4-6-14)17(22)11-12-9-15(19)18-16(10-12)23-7-8-24-18/h3-6,9-10H,2,7-8,11H2,1H3. The Morgan fingerprint density at radius 2 is 1.92 bits per heavy atom. The Hall–Kier alpha value is -2.27. The van der Waals surface area contributed by atoms with Crippen molar-refractivity contribution in [1.82, 2.24) is 0 Å². The molecule has 2 aromatic carbocycles. The Bertz CT molecular complexity index is 749. The number of halogens is 2. The van der Waals surface area contributed by atoms with Crippen LogP contribution in [0.15, 0.2) is 36.4 Å². The molecule has 0 bridgehead atoms. The van der Waals surface area contributed by atoms with Crippen molar-refractivity contribution >= 4 is 23.2 Å². The SMILES string of the molecule is CCN(C(=O)Cc1cc(Cl)c2c(c1)OCCO2)c1ccc(F)cc1. The van der Waals surface area contributed by atoms with Gasteiger partial charge in [-0.15, -0.1) is 0 Å². The number of hydrogen-bond acceptors (Lipinski definition) is 3. The van der Waals surface area contributed by atoms with E-state index in [2.05, 4.69) is 0 Å². The van der Waals surface area contributed by atoms with E-state index in [1.807, 2.05) is 6.92 Å². The van der Waals surface area contributed by atoms with Crippen molar-refractivity contribution in [3.8, 4) is 11.5 Å². The highest BCUT2D eigenvalue weighted by Gasteiger charge is 2.20. The number of nitrogens with zero attached hydrogens (tertiary/aromatic N) is 1. The predicted molar refractivity (Wildman–Crippen MR) is 90.6 cm³/mol. The first-order valence-corrected chi connectivity index (χ1v) is 8.10. The number of fused-ring (bicyclic) bond motifs is 1. The summed E-state index contributed by atoms with van der Waals surface area (Å²) < 4.78 is 24.1. The molecule has 0 unspecified atom stereocenters. The number of hydrogen-bond donors (Lipinski definition) is 0. The van der Waals surface area contributed by atoms with Gasteiger partial charge in [0.1, 0.15) is 19.0 Å². The van der Waals surface area contributed by atoms with Gasteiger partial charge in [-0.3, -0.25) is 4.79 Å². The molecule has 1 heterocycles. The van der Waals surface area contributed by atoms with Crippen molar-refractivity contribution in [1.29, 1.82) is 0 Å². The lowest BCUT2D eigenvalue weighted by atomic mass is 10.1. The summed E-state index contributed by atoms with van der Waals surface area (Å²) >= 11 is 6.21. The van der Waals surface area contributed by atoms with Gasteiger partial charge in [0.2, 0.25) is 5.91 Å². The number of anilines is 1. The number of benzene rings is 2. The molecule has 126 valence electrons. The average molecular weight is 350 g/mol. The van der Waals surface area contributed by atoms with Gasteiger partial charge >= 0.3 is 0 Å². The van der Waals surface area contributed by atoms with Crippen molar-refractivity contribution in [2.45, 2.75) is 13.3 Å². The quantitative estimate of drug-likeness (QED) is 0.841. The van der Waals surface area contributed by atoms with Crippen LogP contribution in [0.5, 0.6) is 11.5 Å². The van der Waals surface area contributed by atoms with Gasteiger partial charge in [-0.2, -0.15) is 0 Å². The van der Waals surface area contributed by atoms with Crippen LogP contribution in [0, 0.1) is 5.82 Å². The third-order valence-electron chi connectivity index (χ3n) is 3.77. The lowest BCUT2D eigenvalue weighted by molar-refractivity contribution is -0.117. The highest BCUT2D eigenvalue weighted by molar-refractivity contribution is 6.32. The molecule has 3 rings (SSSR count). The van der Waals surface area contributed by atoms with Crippen LogP contribution in [0.1, 0.15) is 12.5 Å². The number of carbonyl (C=O) groups is 1. The zero-order chi connectivity index (χ0) is 17.1. The second kappa shape index (κ2) is 7.09. The molecule has 0 N–H and O–H groups in total. The van der Waals surface area contributed by atoms with Gasteiger partial charge in [-0.25, -0.2) is 4.39 Å². The van der Waals surface area contributed by atoms with E-state index in [1.165, 1.54) is 12.1 Å². The van der Waals surface area contributed by atoms with E-state index in [0.29, 0.717) is 42.0 Å². The van der Waals surface area contributed by atoms with Crippen molar-refractivity contribution in [2.24, 2.45) is 0 Å². The number of carbonyl (C=O) groups excluding carboxylic acids is 1. The maximum Gasteiger partial charge on any atom is 0.231 e. The summed E-state index contributed by atoms with van der Waals surface area (Å²) in [6.45, 7) is 3.28. The molecule has 4 nitrogen and oxygen atoms in total. The second-order valence-electron chi connectivity index (χ2n) is 5.39. The molecule has 0 aliphatic carbocycles. The van der Waals surface area contributed by atoms with Crippen molar-refractivity contribution in [2.75, 3.05) is 24.7 Å². The summed E-state index contributed by atoms with van der Waals surface area (Å²) in [6.07, 6.45) is 0.168. The molecule has 0 saturated carbocycles. The minimum Gasteiger partial charge on any atom is -0.486 e. The molecule has 0 saturated heterocycles. The number of ether oxygens (including phenoxy) is 2. The molecule has 1 aliphatic rings. The zero-order valence-electron chi connectivity index (χ0n) is 13.2. The van der Waals surface area contributed by atoms with E-state index in [9.17, 15) is 9.18 Å². The number of amides is 1. The lowest BCUT2D eigenvalue weighted by Crippen LogP contribution is -2.32. The summed E-state index contributed by atoms with van der Waals surface area (Å²) in [5, 5.41) is 0.430. The molecular weight excluding hydrogens is 333 g/mol. The number of likely N-dealkylation sites (N-methyl/N-ethyl adjacent to an activating group) is 1. The Labute approximate surface area is 144 Å². The Morgan fingerprint density at radius 1 is 1.21 bits per heavy atom. The summed E-state index contributed by atoms with van der Waals surface area (Å²) in [7, 11) is 0. The topological polar surface area (TPSA) is 38.8 Å². The van der Waals surface area contributed by atoms with Gasteiger partial charge in [0.15, 0.2) is 11.5 Å². The van der Waals surface area contributed by atoms with Crippen LogP contribution in [0.2, 0.25) is 5.02 Å². The molecule has 0 atom stereocenters. The highest BCUT2D eigenvalue weighted by Crippen LogP contribution is 2.38. The van der Waals surface area contributed by atoms with Crippen LogP contribution in [0.3, 0.4) is 0 Å². The van der Waals surface area contributed by atoms with E-state index in [1.54, 1.807) is 29.2 Å². The molecule has 2 aromatic rings. The van der Waals surface area contributed by atoms with Crippen LogP contribution in [-0.2, 0) is 11.2 Å². The van der Waals surface area contributed by atoms with Gasteiger partial charge in [-0.1, -0.05) is 11.6 Å². The smallest absolute Gasteiger partial charge is 0.231 e. The Morgan fingerprint density at radius 3 is 2.62 bits per heavy atom. The van der Waals surface area contributed by atoms with E-state index < -0.39 is 0 Å². The van der Waals surface area contributed by atoms with Crippen molar-refractivity contribution in [3.05, 3.63) is 52.8 Å². The minimum absolute atomic E-state index is 0.100. The maximum absolute atomic E-state index is 13.1. The highest BCUT2D eigenvalue weighted by atomic mass is 35.5. The first kappa shape index (κ1) is 16.6. The van der Waals surface area contributed by atoms with Gasteiger partial charge in [0, 0.05) is 12.2 Å². The molecule has 0 aromatic heterocycles. The Balaban J connectivity index is 1.80. The molecule has 24 heavy (non-hydrogen) atoms. The summed E-state index contributed by atoms with van der Waals surface area (Å²) in [4.78, 5) is 14.2. The summed E-state index contributed by atoms with van der Waals surface area (Å²) in [6, 6.07) is 9.35. The lowest BCUT2D eigenvalue weighted by Gasteiger charge is -2.23. The fourth-order valence-corrected chi connectivity index (χ4v) is 2.95. The van der Waals surface area contributed by atoms with Crippen LogP contribution in [0.4, 0.5) is 10.1 Å². The van der Waals surface area contributed by atoms with Crippen LogP contribution >= 0.6 is 11.6 Å². The van der Waals surface area contributed by atoms with E-state index >= 15 is 0 Å². The van der Waals surface area contributed by atoms with E-state index in [0.717, 1.165) is 5.56 Å². The number of rotatable bonds is 4. The molecule has 0 radical (unpaired) electrons. The third kappa shape index (κ3) is 3.46. The normalized spacial score (nSPS) is 12.8. The monoisotopic (exact) mass is 349 g/mol. The van der Waals surface area contributed by atoms with Gasteiger partial charge in [-0.05, 0) is 48.9 Å². The van der Waals surface area contributed by atoms with Crippen LogP contribution < -0.4 is 14.4 Å². The van der Waals surface area contributed by atoms with Crippen LogP contribution in [-0.4, -0.2) is 25.7 Å². The zero-order valence-corrected chi connectivity index (χ0v) is 14.0. The van der Waals surface area contributed by atoms with Crippen molar-refractivity contribution in [3.63, 3.8) is 0 Å². The largest absolute Gasteiger partial charge is 0.486 e. The Kier molecular flexibility index (Phi) is 4.90. The molecule has 1 aliphatic heterocycles. The average Bonchev–Trinajstić information content (AvgIpc) is 2.57. The predicted octanol–water partition coefficient (Wildman–Crippen LogP) is 3.85. The van der Waals surface area contributed by atoms with Crippen molar-refractivity contribution < 1.29 is 18.7 Å². The molecule has 6 heteroatoms. The maximum atomic E-state index is 13.1. The summed E-state index contributed by atoms with van der Waals surface area (Å²) in [5.41, 5.74) is 1.40. The molecule has 0 fully saturated rings. The molecule has 1 amide bonds. The molecular formula is C18H17ClFNO3. The van der Waals surface area contributed by atoms with Gasteiger partial charge in [0.05, 0.1) is 11.4 Å². The fourth-order valence-electron chi connectivity index (χ4n) is 2.66. The molecule has 0 spiro atoms.